The normalized spacial score (nSPS) is 20.7. The zero-order valence-electron chi connectivity index (χ0n) is 17.6. The van der Waals surface area contributed by atoms with Crippen LogP contribution in [0.2, 0.25) is 0 Å². The Morgan fingerprint density at radius 3 is 2.43 bits per heavy atom. The lowest BCUT2D eigenvalue weighted by Crippen LogP contribution is -2.40. The van der Waals surface area contributed by atoms with Crippen molar-refractivity contribution in [2.75, 3.05) is 32.1 Å². The number of nitrogens with zero attached hydrogens (tertiary/aromatic N) is 2. The number of hydrogen-bond acceptors (Lipinski definition) is 5. The Hall–Kier alpha value is -2.90. The number of ether oxygens (including phenoxy) is 1. The Labute approximate surface area is 176 Å². The summed E-state index contributed by atoms with van der Waals surface area (Å²) >= 11 is 0. The van der Waals surface area contributed by atoms with Gasteiger partial charge in [0.05, 0.1) is 25.5 Å². The van der Waals surface area contributed by atoms with Crippen molar-refractivity contribution in [1.29, 1.82) is 0 Å². The maximum atomic E-state index is 12.6. The summed E-state index contributed by atoms with van der Waals surface area (Å²) in [5.74, 6) is -0.662. The number of carbonyl (C=O) groups excluding carboxylic acids is 4. The first-order valence-corrected chi connectivity index (χ1v) is 10.5. The average Bonchev–Trinajstić information content (AvgIpc) is 3.00. The van der Waals surface area contributed by atoms with Gasteiger partial charge in [0.1, 0.15) is 5.75 Å². The number of carbonyl (C=O) groups is 4. The molecule has 30 heavy (non-hydrogen) atoms. The molecule has 162 valence electrons. The summed E-state index contributed by atoms with van der Waals surface area (Å²) in [6.45, 7) is 2.13. The summed E-state index contributed by atoms with van der Waals surface area (Å²) in [7, 11) is 1.54. The van der Waals surface area contributed by atoms with Gasteiger partial charge in [-0.1, -0.05) is 18.9 Å². The van der Waals surface area contributed by atoms with Crippen LogP contribution in [0.25, 0.3) is 0 Å². The summed E-state index contributed by atoms with van der Waals surface area (Å²) in [4.78, 5) is 52.7. The van der Waals surface area contributed by atoms with Crippen molar-refractivity contribution in [3.8, 4) is 5.75 Å². The van der Waals surface area contributed by atoms with Crippen LogP contribution in [0.15, 0.2) is 24.3 Å². The number of likely N-dealkylation sites (tertiary alicyclic amines) is 1. The minimum absolute atomic E-state index is 0.0250. The molecule has 0 bridgehead atoms. The number of methoxy groups -OCH3 is 1. The van der Waals surface area contributed by atoms with Crippen LogP contribution in [0, 0.1) is 11.8 Å². The molecule has 0 aromatic heterocycles. The van der Waals surface area contributed by atoms with Gasteiger partial charge < -0.3 is 15.0 Å². The third kappa shape index (κ3) is 4.80. The maximum Gasteiger partial charge on any atom is 0.243 e. The molecule has 1 aliphatic heterocycles. The van der Waals surface area contributed by atoms with Gasteiger partial charge in [-0.25, -0.2) is 0 Å². The van der Waals surface area contributed by atoms with E-state index in [9.17, 15) is 19.2 Å². The summed E-state index contributed by atoms with van der Waals surface area (Å²) in [6, 6.07) is 6.97. The van der Waals surface area contributed by atoms with E-state index in [1.54, 1.807) is 38.3 Å². The number of nitrogens with one attached hydrogen (secondary N) is 1. The smallest absolute Gasteiger partial charge is 0.243 e. The molecule has 1 aromatic rings. The highest BCUT2D eigenvalue weighted by Crippen LogP contribution is 2.38. The Bertz CT molecular complexity index is 801. The molecule has 8 heteroatoms. The molecule has 3 rings (SSSR count). The fourth-order valence-electron chi connectivity index (χ4n) is 4.27. The minimum Gasteiger partial charge on any atom is -0.497 e. The fourth-order valence-corrected chi connectivity index (χ4v) is 4.27. The lowest BCUT2D eigenvalue weighted by Gasteiger charge is -2.22. The molecule has 1 saturated heterocycles. The molecule has 2 fully saturated rings. The van der Waals surface area contributed by atoms with Crippen molar-refractivity contribution in [3.05, 3.63) is 24.3 Å². The molecule has 2 atom stereocenters. The predicted molar refractivity (Wildman–Crippen MR) is 111 cm³/mol. The van der Waals surface area contributed by atoms with Gasteiger partial charge in [-0.3, -0.25) is 24.1 Å². The van der Waals surface area contributed by atoms with Crippen LogP contribution in [-0.2, 0) is 19.2 Å². The van der Waals surface area contributed by atoms with Gasteiger partial charge in [-0.05, 0) is 31.9 Å². The van der Waals surface area contributed by atoms with E-state index in [4.69, 9.17) is 4.74 Å². The SMILES string of the molecule is CCN(CC(=O)Nc1cccc(OC)c1)C(=O)CCN1C(=O)[C@@H]2CCCC[C@H]2C1=O. The molecule has 0 radical (unpaired) electrons. The standard InChI is InChI=1S/C22H29N3O5/c1-3-24(14-19(26)23-15-7-6-8-16(13-15)30-2)20(27)11-12-25-21(28)17-9-4-5-10-18(17)22(25)29/h6-8,13,17-18H,3-5,9-12,14H2,1-2H3,(H,23,26)/t17-,18-/m1/s1. The summed E-state index contributed by atoms with van der Waals surface area (Å²) in [5, 5.41) is 2.75. The minimum atomic E-state index is -0.321. The average molecular weight is 415 g/mol. The second kappa shape index (κ2) is 9.73. The van der Waals surface area contributed by atoms with Crippen molar-refractivity contribution < 1.29 is 23.9 Å². The van der Waals surface area contributed by atoms with Gasteiger partial charge in [-0.15, -0.1) is 0 Å². The Morgan fingerprint density at radius 1 is 1.17 bits per heavy atom. The lowest BCUT2D eigenvalue weighted by molar-refractivity contribution is -0.141. The highest BCUT2D eigenvalue weighted by Gasteiger charge is 2.47. The van der Waals surface area contributed by atoms with Crippen molar-refractivity contribution in [2.24, 2.45) is 11.8 Å². The molecule has 0 spiro atoms. The van der Waals surface area contributed by atoms with Crippen LogP contribution in [0.4, 0.5) is 5.69 Å². The number of rotatable bonds is 8. The van der Waals surface area contributed by atoms with E-state index in [0.29, 0.717) is 18.0 Å². The van der Waals surface area contributed by atoms with Crippen LogP contribution in [0.1, 0.15) is 39.0 Å². The van der Waals surface area contributed by atoms with E-state index >= 15 is 0 Å². The van der Waals surface area contributed by atoms with Gasteiger partial charge in [0.25, 0.3) is 0 Å². The molecule has 4 amide bonds. The molecule has 1 aromatic carbocycles. The van der Waals surface area contributed by atoms with Crippen molar-refractivity contribution >= 4 is 29.3 Å². The van der Waals surface area contributed by atoms with Crippen LogP contribution in [0.5, 0.6) is 5.75 Å². The Morgan fingerprint density at radius 2 is 1.83 bits per heavy atom. The Balaban J connectivity index is 1.52. The van der Waals surface area contributed by atoms with E-state index in [0.717, 1.165) is 25.7 Å². The number of amides is 4. The van der Waals surface area contributed by atoms with Gasteiger partial charge >= 0.3 is 0 Å². The molecule has 1 N–H and O–H groups in total. The van der Waals surface area contributed by atoms with Gasteiger partial charge in [0.15, 0.2) is 0 Å². The largest absolute Gasteiger partial charge is 0.497 e. The third-order valence-electron chi connectivity index (χ3n) is 5.90. The van der Waals surface area contributed by atoms with Crippen molar-refractivity contribution in [1.82, 2.24) is 9.80 Å². The number of anilines is 1. The molecular formula is C22H29N3O5. The molecule has 8 nitrogen and oxygen atoms in total. The highest BCUT2D eigenvalue weighted by molar-refractivity contribution is 6.05. The van der Waals surface area contributed by atoms with E-state index in [-0.39, 0.29) is 55.0 Å². The second-order valence-electron chi connectivity index (χ2n) is 7.76. The van der Waals surface area contributed by atoms with Crippen molar-refractivity contribution in [3.63, 3.8) is 0 Å². The Kier molecular flexibility index (Phi) is 7.07. The second-order valence-corrected chi connectivity index (χ2v) is 7.76. The molecule has 2 aliphatic rings. The molecule has 0 unspecified atom stereocenters. The lowest BCUT2D eigenvalue weighted by atomic mass is 9.81. The zero-order chi connectivity index (χ0) is 21.7. The fraction of sp³-hybridized carbons (Fsp3) is 0.545. The van der Waals surface area contributed by atoms with Crippen molar-refractivity contribution in [2.45, 2.75) is 39.0 Å². The maximum absolute atomic E-state index is 12.6. The number of benzene rings is 1. The van der Waals surface area contributed by atoms with Gasteiger partial charge in [0.2, 0.25) is 23.6 Å². The van der Waals surface area contributed by atoms with E-state index in [1.807, 2.05) is 0 Å². The highest BCUT2D eigenvalue weighted by atomic mass is 16.5. The monoisotopic (exact) mass is 415 g/mol. The third-order valence-corrected chi connectivity index (χ3v) is 5.90. The van der Waals surface area contributed by atoms with E-state index < -0.39 is 0 Å². The molecule has 1 heterocycles. The van der Waals surface area contributed by atoms with Crippen LogP contribution in [-0.4, -0.2) is 60.2 Å². The molecular weight excluding hydrogens is 386 g/mol. The number of fused-ring (bicyclic) bond motifs is 1. The van der Waals surface area contributed by atoms with Crippen LogP contribution >= 0.6 is 0 Å². The zero-order valence-corrected chi connectivity index (χ0v) is 17.6. The number of imide groups is 1. The topological polar surface area (TPSA) is 96.0 Å². The number of hydrogen-bond donors (Lipinski definition) is 1. The first kappa shape index (κ1) is 21.8. The van der Waals surface area contributed by atoms with E-state index in [2.05, 4.69) is 5.32 Å². The van der Waals surface area contributed by atoms with Gasteiger partial charge in [-0.2, -0.15) is 0 Å². The first-order valence-electron chi connectivity index (χ1n) is 10.5. The predicted octanol–water partition coefficient (Wildman–Crippen LogP) is 2.05. The molecule has 1 aliphatic carbocycles. The quantitative estimate of drug-likeness (QED) is 0.656. The van der Waals surface area contributed by atoms with Gasteiger partial charge in [0, 0.05) is 31.3 Å². The summed E-state index contributed by atoms with van der Waals surface area (Å²) < 4.78 is 5.13. The summed E-state index contributed by atoms with van der Waals surface area (Å²) in [5.41, 5.74) is 0.582. The van der Waals surface area contributed by atoms with E-state index in [1.165, 1.54) is 9.80 Å². The molecule has 1 saturated carbocycles. The van der Waals surface area contributed by atoms with Crippen LogP contribution in [0.3, 0.4) is 0 Å². The summed E-state index contributed by atoms with van der Waals surface area (Å²) in [6.07, 6.45) is 3.48. The van der Waals surface area contributed by atoms with Crippen LogP contribution < -0.4 is 10.1 Å². The number of likely N-dealkylation sites (N-methyl/N-ethyl adjacent to an activating group) is 1. The first-order chi connectivity index (χ1) is 14.4.